The maximum atomic E-state index is 12.1. The van der Waals surface area contributed by atoms with E-state index >= 15 is 0 Å². The first kappa shape index (κ1) is 26.6. The van der Waals surface area contributed by atoms with Crippen molar-refractivity contribution >= 4 is 5.91 Å². The van der Waals surface area contributed by atoms with Crippen LogP contribution in [0.4, 0.5) is 0 Å². The van der Waals surface area contributed by atoms with E-state index in [1.54, 1.807) is 6.92 Å². The Morgan fingerprint density at radius 2 is 1.72 bits per heavy atom. The molecule has 160 valence electrons. The predicted octanol–water partition coefficient (Wildman–Crippen LogP) is 6.09. The molecule has 1 rings (SSSR count). The van der Waals surface area contributed by atoms with Gasteiger partial charge in [0.25, 0.3) is 5.91 Å². The SMILES string of the molecule is C#CC#CC.CCC(C)(C)CCOc1ccc(C(=O)NCCCC(C)(C)C)cc1. The standard InChI is InChI=1S/C21H35NO2.C5H4/c1-7-21(5,6)14-16-24-18-11-9-17(10-12-18)19(23)22-15-8-13-20(2,3)4;1-3-5-4-2/h9-12H,7-8,13-16H2,1-6H3,(H,22,23);1H,2H3. The lowest BCUT2D eigenvalue weighted by molar-refractivity contribution is 0.0951. The van der Waals surface area contributed by atoms with E-state index in [1.165, 1.54) is 0 Å². The van der Waals surface area contributed by atoms with Gasteiger partial charge in [-0.3, -0.25) is 4.79 Å². The first-order chi connectivity index (χ1) is 13.5. The summed E-state index contributed by atoms with van der Waals surface area (Å²) in [6, 6.07) is 7.42. The highest BCUT2D eigenvalue weighted by atomic mass is 16.5. The van der Waals surface area contributed by atoms with Gasteiger partial charge in [0.1, 0.15) is 5.75 Å². The number of hydrogen-bond donors (Lipinski definition) is 1. The van der Waals surface area contributed by atoms with Gasteiger partial charge in [0.05, 0.1) is 6.61 Å². The molecule has 1 N–H and O–H groups in total. The molecule has 1 amide bonds. The molecule has 0 fully saturated rings. The number of rotatable bonds is 9. The first-order valence-electron chi connectivity index (χ1n) is 10.4. The molecule has 0 aromatic heterocycles. The first-order valence-corrected chi connectivity index (χ1v) is 10.4. The van der Waals surface area contributed by atoms with Crippen LogP contribution in [0.3, 0.4) is 0 Å². The molecule has 0 bridgehead atoms. The molecule has 0 aliphatic rings. The second-order valence-corrected chi connectivity index (χ2v) is 9.08. The van der Waals surface area contributed by atoms with E-state index < -0.39 is 0 Å². The molecule has 0 saturated heterocycles. The van der Waals surface area contributed by atoms with Gasteiger partial charge in [-0.1, -0.05) is 53.9 Å². The van der Waals surface area contributed by atoms with Crippen molar-refractivity contribution in [3.63, 3.8) is 0 Å². The molecule has 3 nitrogen and oxygen atoms in total. The van der Waals surface area contributed by atoms with Crippen molar-refractivity contribution in [3.8, 4) is 29.9 Å². The molecule has 0 aliphatic carbocycles. The largest absolute Gasteiger partial charge is 0.494 e. The lowest BCUT2D eigenvalue weighted by Crippen LogP contribution is -2.25. The van der Waals surface area contributed by atoms with E-state index in [2.05, 4.69) is 64.6 Å². The Morgan fingerprint density at radius 3 is 2.17 bits per heavy atom. The van der Waals surface area contributed by atoms with Crippen molar-refractivity contribution in [3.05, 3.63) is 29.8 Å². The number of nitrogens with one attached hydrogen (secondary N) is 1. The minimum atomic E-state index is -0.0115. The van der Waals surface area contributed by atoms with Gasteiger partial charge in [0.2, 0.25) is 0 Å². The number of benzene rings is 1. The van der Waals surface area contributed by atoms with Gasteiger partial charge in [-0.25, -0.2) is 0 Å². The number of amides is 1. The Hall–Kier alpha value is -2.39. The minimum Gasteiger partial charge on any atom is -0.494 e. The molecular weight excluding hydrogens is 358 g/mol. The maximum absolute atomic E-state index is 12.1. The molecule has 0 saturated carbocycles. The fourth-order valence-corrected chi connectivity index (χ4v) is 2.32. The molecule has 0 spiro atoms. The molecule has 0 aliphatic heterocycles. The molecule has 0 radical (unpaired) electrons. The summed E-state index contributed by atoms with van der Waals surface area (Å²) in [5, 5.41) is 2.98. The van der Waals surface area contributed by atoms with E-state index in [0.29, 0.717) is 23.0 Å². The summed E-state index contributed by atoms with van der Waals surface area (Å²) in [4.78, 5) is 12.1. The van der Waals surface area contributed by atoms with Gasteiger partial charge < -0.3 is 10.1 Å². The number of carbonyl (C=O) groups is 1. The Bertz CT molecular complexity index is 691. The van der Waals surface area contributed by atoms with Crippen LogP contribution in [-0.2, 0) is 0 Å². The van der Waals surface area contributed by atoms with Crippen LogP contribution in [0.1, 0.15) is 84.5 Å². The Morgan fingerprint density at radius 1 is 1.10 bits per heavy atom. The third-order valence-electron chi connectivity index (χ3n) is 4.71. The summed E-state index contributed by atoms with van der Waals surface area (Å²) >= 11 is 0. The monoisotopic (exact) mass is 397 g/mol. The summed E-state index contributed by atoms with van der Waals surface area (Å²) in [5.74, 6) is 7.89. The van der Waals surface area contributed by atoms with E-state index in [-0.39, 0.29) is 5.91 Å². The van der Waals surface area contributed by atoms with E-state index in [4.69, 9.17) is 11.2 Å². The van der Waals surface area contributed by atoms with Gasteiger partial charge in [-0.15, -0.1) is 6.42 Å². The lowest BCUT2D eigenvalue weighted by atomic mass is 9.87. The topological polar surface area (TPSA) is 38.3 Å². The summed E-state index contributed by atoms with van der Waals surface area (Å²) in [6.45, 7) is 16.5. The second kappa shape index (κ2) is 13.7. The van der Waals surface area contributed by atoms with Crippen LogP contribution in [-0.4, -0.2) is 19.1 Å². The number of carbonyl (C=O) groups excluding carboxylic acids is 1. The fourth-order valence-electron chi connectivity index (χ4n) is 2.32. The van der Waals surface area contributed by atoms with Gasteiger partial charge in [0, 0.05) is 12.1 Å². The zero-order valence-corrected chi connectivity index (χ0v) is 19.4. The van der Waals surface area contributed by atoms with E-state index in [1.807, 2.05) is 24.3 Å². The van der Waals surface area contributed by atoms with Crippen LogP contribution in [0.2, 0.25) is 0 Å². The number of ether oxygens (including phenoxy) is 1. The Balaban J connectivity index is 0.00000139. The van der Waals surface area contributed by atoms with Crippen LogP contribution in [0.25, 0.3) is 0 Å². The molecule has 0 atom stereocenters. The normalized spacial score (nSPS) is 10.6. The Labute approximate surface area is 179 Å². The molecule has 3 heteroatoms. The quantitative estimate of drug-likeness (QED) is 0.404. The third kappa shape index (κ3) is 14.3. The number of hydrogen-bond acceptors (Lipinski definition) is 2. The molecule has 0 heterocycles. The minimum absolute atomic E-state index is 0.0115. The van der Waals surface area contributed by atoms with Gasteiger partial charge >= 0.3 is 0 Å². The van der Waals surface area contributed by atoms with Crippen LogP contribution < -0.4 is 10.1 Å². The Kier molecular flexibility index (Phi) is 12.6. The smallest absolute Gasteiger partial charge is 0.251 e. The van der Waals surface area contributed by atoms with Crippen LogP contribution in [0.15, 0.2) is 24.3 Å². The molecule has 1 aromatic rings. The zero-order chi connectivity index (χ0) is 22.3. The molecular formula is C26H39NO2. The van der Waals surface area contributed by atoms with Crippen LogP contribution in [0, 0.1) is 35.0 Å². The third-order valence-corrected chi connectivity index (χ3v) is 4.71. The van der Waals surface area contributed by atoms with Crippen molar-refractivity contribution < 1.29 is 9.53 Å². The average molecular weight is 398 g/mol. The predicted molar refractivity (Wildman–Crippen MR) is 124 cm³/mol. The van der Waals surface area contributed by atoms with E-state index in [0.717, 1.165) is 38.0 Å². The molecule has 1 aromatic carbocycles. The summed E-state index contributed by atoms with van der Waals surface area (Å²) in [6.07, 6.45) is 9.00. The lowest BCUT2D eigenvalue weighted by Gasteiger charge is -2.22. The fraction of sp³-hybridized carbons (Fsp3) is 0.577. The van der Waals surface area contributed by atoms with Crippen molar-refractivity contribution in [1.29, 1.82) is 0 Å². The average Bonchev–Trinajstić information content (AvgIpc) is 2.66. The maximum Gasteiger partial charge on any atom is 0.251 e. The second-order valence-electron chi connectivity index (χ2n) is 9.08. The van der Waals surface area contributed by atoms with Gasteiger partial charge in [-0.05, 0) is 73.1 Å². The van der Waals surface area contributed by atoms with Crippen LogP contribution >= 0.6 is 0 Å². The zero-order valence-electron chi connectivity index (χ0n) is 19.4. The highest BCUT2D eigenvalue weighted by molar-refractivity contribution is 5.94. The highest BCUT2D eigenvalue weighted by Gasteiger charge is 2.15. The van der Waals surface area contributed by atoms with Gasteiger partial charge in [-0.2, -0.15) is 0 Å². The summed E-state index contributed by atoms with van der Waals surface area (Å²) < 4.78 is 5.78. The molecule has 29 heavy (non-hydrogen) atoms. The van der Waals surface area contributed by atoms with Crippen molar-refractivity contribution in [2.75, 3.05) is 13.2 Å². The number of terminal acetylenes is 1. The highest BCUT2D eigenvalue weighted by Crippen LogP contribution is 2.24. The van der Waals surface area contributed by atoms with Crippen molar-refractivity contribution in [2.45, 2.75) is 74.1 Å². The van der Waals surface area contributed by atoms with Crippen LogP contribution in [0.5, 0.6) is 5.75 Å². The van der Waals surface area contributed by atoms with E-state index in [9.17, 15) is 4.79 Å². The summed E-state index contributed by atoms with van der Waals surface area (Å²) in [5.41, 5.74) is 1.31. The summed E-state index contributed by atoms with van der Waals surface area (Å²) in [7, 11) is 0. The van der Waals surface area contributed by atoms with Gasteiger partial charge in [0.15, 0.2) is 0 Å². The van der Waals surface area contributed by atoms with Crippen molar-refractivity contribution in [1.82, 2.24) is 5.32 Å². The molecule has 0 unspecified atom stereocenters. The van der Waals surface area contributed by atoms with Crippen molar-refractivity contribution in [2.24, 2.45) is 10.8 Å².